The summed E-state index contributed by atoms with van der Waals surface area (Å²) in [5.74, 6) is 0.0503. The lowest BCUT2D eigenvalue weighted by molar-refractivity contribution is -0.138. The van der Waals surface area contributed by atoms with E-state index in [9.17, 15) is 9.90 Å². The molecule has 2 heterocycles. The zero-order valence-electron chi connectivity index (χ0n) is 10.3. The fourth-order valence-electron chi connectivity index (χ4n) is 1.75. The van der Waals surface area contributed by atoms with E-state index in [1.165, 1.54) is 17.7 Å². The number of aromatic nitrogens is 2. The van der Waals surface area contributed by atoms with Crippen LogP contribution < -0.4 is 5.32 Å². The molecular weight excluding hydrogens is 250 g/mol. The summed E-state index contributed by atoms with van der Waals surface area (Å²) in [5, 5.41) is 14.1. The molecule has 2 N–H and O–H groups in total. The lowest BCUT2D eigenvalue weighted by atomic mass is 10.0. The van der Waals surface area contributed by atoms with Gasteiger partial charge in [0.2, 0.25) is 0 Å². The van der Waals surface area contributed by atoms with Crippen molar-refractivity contribution in [2.45, 2.75) is 26.3 Å². The third-order valence-corrected chi connectivity index (χ3v) is 3.47. The minimum Gasteiger partial charge on any atom is -0.480 e. The topological polar surface area (TPSA) is 75.1 Å². The summed E-state index contributed by atoms with van der Waals surface area (Å²) >= 11 is 1.51. The van der Waals surface area contributed by atoms with Gasteiger partial charge in [-0.25, -0.2) is 14.8 Å². The number of nitrogens with one attached hydrogen (secondary N) is 1. The Bertz CT molecular complexity index is 553. The molecular formula is C12H15N3O2S. The van der Waals surface area contributed by atoms with E-state index in [0.717, 1.165) is 10.2 Å². The van der Waals surface area contributed by atoms with Crippen LogP contribution in [0.5, 0.6) is 0 Å². The van der Waals surface area contributed by atoms with Crippen molar-refractivity contribution >= 4 is 33.3 Å². The van der Waals surface area contributed by atoms with Gasteiger partial charge in [0.25, 0.3) is 0 Å². The number of carboxylic acids is 1. The Morgan fingerprint density at radius 3 is 2.94 bits per heavy atom. The third-order valence-electron chi connectivity index (χ3n) is 2.56. The average Bonchev–Trinajstić information content (AvgIpc) is 2.76. The molecule has 0 spiro atoms. The molecule has 6 heteroatoms. The SMILES string of the molecule is CC(C)C[C@H](Nc1ncnc2ccsc12)C(=O)O. The predicted octanol–water partition coefficient (Wildman–Crippen LogP) is 2.60. The summed E-state index contributed by atoms with van der Waals surface area (Å²) in [5.41, 5.74) is 0.839. The molecule has 0 aliphatic carbocycles. The molecule has 2 aromatic heterocycles. The lowest BCUT2D eigenvalue weighted by Gasteiger charge is -2.17. The van der Waals surface area contributed by atoms with Gasteiger partial charge in [-0.15, -0.1) is 11.3 Å². The van der Waals surface area contributed by atoms with Crippen molar-refractivity contribution in [1.29, 1.82) is 0 Å². The monoisotopic (exact) mass is 265 g/mol. The fraction of sp³-hybridized carbons (Fsp3) is 0.417. The first-order chi connectivity index (χ1) is 8.58. The van der Waals surface area contributed by atoms with Gasteiger partial charge in [-0.05, 0) is 23.8 Å². The number of thiophene rings is 1. The van der Waals surface area contributed by atoms with Crippen LogP contribution in [0.2, 0.25) is 0 Å². The second kappa shape index (κ2) is 5.30. The van der Waals surface area contributed by atoms with Crippen molar-refractivity contribution in [2.75, 3.05) is 5.32 Å². The van der Waals surface area contributed by atoms with E-state index in [2.05, 4.69) is 15.3 Å². The molecule has 0 fully saturated rings. The molecule has 0 aromatic carbocycles. The molecule has 96 valence electrons. The Balaban J connectivity index is 2.25. The first-order valence-electron chi connectivity index (χ1n) is 5.75. The Morgan fingerprint density at radius 2 is 2.28 bits per heavy atom. The zero-order chi connectivity index (χ0) is 13.1. The van der Waals surface area contributed by atoms with E-state index in [-0.39, 0.29) is 0 Å². The number of hydrogen-bond donors (Lipinski definition) is 2. The second-order valence-corrected chi connectivity index (χ2v) is 5.44. The van der Waals surface area contributed by atoms with Crippen LogP contribution in [-0.2, 0) is 4.79 Å². The van der Waals surface area contributed by atoms with Gasteiger partial charge in [0.05, 0.1) is 10.2 Å². The highest BCUT2D eigenvalue weighted by Gasteiger charge is 2.20. The van der Waals surface area contributed by atoms with Crippen molar-refractivity contribution in [3.63, 3.8) is 0 Å². The summed E-state index contributed by atoms with van der Waals surface area (Å²) in [6, 6.07) is 1.27. The molecule has 5 nitrogen and oxygen atoms in total. The maximum atomic E-state index is 11.2. The van der Waals surface area contributed by atoms with Crippen LogP contribution >= 0.6 is 11.3 Å². The molecule has 0 aliphatic rings. The Kier molecular flexibility index (Phi) is 3.76. The van der Waals surface area contributed by atoms with Crippen LogP contribution in [0.4, 0.5) is 5.82 Å². The maximum Gasteiger partial charge on any atom is 0.326 e. The molecule has 0 saturated carbocycles. The van der Waals surface area contributed by atoms with Gasteiger partial charge in [0.15, 0.2) is 0 Å². The first-order valence-corrected chi connectivity index (χ1v) is 6.63. The van der Waals surface area contributed by atoms with Crippen LogP contribution in [0.1, 0.15) is 20.3 Å². The highest BCUT2D eigenvalue weighted by atomic mass is 32.1. The van der Waals surface area contributed by atoms with Crippen LogP contribution in [0.25, 0.3) is 10.2 Å². The largest absolute Gasteiger partial charge is 0.480 e. The van der Waals surface area contributed by atoms with E-state index in [0.29, 0.717) is 18.2 Å². The molecule has 0 unspecified atom stereocenters. The quantitative estimate of drug-likeness (QED) is 0.869. The van der Waals surface area contributed by atoms with Crippen molar-refractivity contribution in [2.24, 2.45) is 5.92 Å². The molecule has 18 heavy (non-hydrogen) atoms. The molecule has 0 amide bonds. The maximum absolute atomic E-state index is 11.2. The molecule has 1 atom stereocenters. The van der Waals surface area contributed by atoms with E-state index in [1.807, 2.05) is 25.3 Å². The van der Waals surface area contributed by atoms with Gasteiger partial charge >= 0.3 is 5.97 Å². The molecule has 0 bridgehead atoms. The normalized spacial score (nSPS) is 12.8. The minimum absolute atomic E-state index is 0.305. The average molecular weight is 265 g/mol. The van der Waals surface area contributed by atoms with E-state index in [4.69, 9.17) is 0 Å². The highest BCUT2D eigenvalue weighted by Crippen LogP contribution is 2.26. The zero-order valence-corrected chi connectivity index (χ0v) is 11.1. The van der Waals surface area contributed by atoms with Crippen molar-refractivity contribution in [3.8, 4) is 0 Å². The number of carbonyl (C=O) groups is 1. The highest BCUT2D eigenvalue weighted by molar-refractivity contribution is 7.17. The summed E-state index contributed by atoms with van der Waals surface area (Å²) in [6.07, 6.45) is 2.01. The van der Waals surface area contributed by atoms with Gasteiger partial charge in [-0.1, -0.05) is 13.8 Å². The Morgan fingerprint density at radius 1 is 1.50 bits per heavy atom. The predicted molar refractivity (Wildman–Crippen MR) is 71.9 cm³/mol. The molecule has 2 rings (SSSR count). The lowest BCUT2D eigenvalue weighted by Crippen LogP contribution is -2.31. The van der Waals surface area contributed by atoms with Crippen LogP contribution in [0.3, 0.4) is 0 Å². The summed E-state index contributed by atoms with van der Waals surface area (Å²) in [6.45, 7) is 4.00. The van der Waals surface area contributed by atoms with Crippen LogP contribution in [0.15, 0.2) is 17.8 Å². The molecule has 0 aliphatic heterocycles. The molecule has 0 saturated heterocycles. The third kappa shape index (κ3) is 2.76. The van der Waals surface area contributed by atoms with Crippen LogP contribution in [-0.4, -0.2) is 27.1 Å². The second-order valence-electron chi connectivity index (χ2n) is 4.52. The van der Waals surface area contributed by atoms with Gasteiger partial charge in [0, 0.05) is 0 Å². The van der Waals surface area contributed by atoms with Crippen molar-refractivity contribution < 1.29 is 9.90 Å². The number of aliphatic carboxylic acids is 1. The first kappa shape index (κ1) is 12.8. The fourth-order valence-corrected chi connectivity index (χ4v) is 2.55. The molecule has 2 aromatic rings. The smallest absolute Gasteiger partial charge is 0.326 e. The van der Waals surface area contributed by atoms with Crippen molar-refractivity contribution in [1.82, 2.24) is 9.97 Å². The number of hydrogen-bond acceptors (Lipinski definition) is 5. The van der Waals surface area contributed by atoms with Crippen LogP contribution in [0, 0.1) is 5.92 Å². The van der Waals surface area contributed by atoms with Gasteiger partial charge in [-0.2, -0.15) is 0 Å². The van der Waals surface area contributed by atoms with Gasteiger partial charge < -0.3 is 10.4 Å². The number of anilines is 1. The van der Waals surface area contributed by atoms with E-state index < -0.39 is 12.0 Å². The Labute approximate surface area is 109 Å². The van der Waals surface area contributed by atoms with Gasteiger partial charge in [-0.3, -0.25) is 0 Å². The van der Waals surface area contributed by atoms with E-state index in [1.54, 1.807) is 0 Å². The number of nitrogens with zero attached hydrogens (tertiary/aromatic N) is 2. The van der Waals surface area contributed by atoms with Crippen molar-refractivity contribution in [3.05, 3.63) is 17.8 Å². The summed E-state index contributed by atoms with van der Waals surface area (Å²) < 4.78 is 0.896. The standard InChI is InChI=1S/C12H15N3O2S/c1-7(2)5-9(12(16)17)15-11-10-8(3-4-18-10)13-6-14-11/h3-4,6-7,9H,5H2,1-2H3,(H,16,17)(H,13,14,15)/t9-/m0/s1. The minimum atomic E-state index is -0.855. The van der Waals surface area contributed by atoms with Gasteiger partial charge in [0.1, 0.15) is 18.2 Å². The number of rotatable bonds is 5. The molecule has 0 radical (unpaired) electrons. The summed E-state index contributed by atoms with van der Waals surface area (Å²) in [7, 11) is 0. The summed E-state index contributed by atoms with van der Waals surface area (Å²) in [4.78, 5) is 19.5. The van der Waals surface area contributed by atoms with E-state index >= 15 is 0 Å². The Hall–Kier alpha value is -1.69. The number of carboxylic acid groups (broad SMARTS) is 1. The number of fused-ring (bicyclic) bond motifs is 1.